The Morgan fingerprint density at radius 2 is 2.06 bits per heavy atom. The van der Waals surface area contributed by atoms with E-state index in [1.165, 1.54) is 18.7 Å². The Bertz CT molecular complexity index is 381. The summed E-state index contributed by atoms with van der Waals surface area (Å²) in [5.74, 6) is -1.49. The summed E-state index contributed by atoms with van der Waals surface area (Å²) in [5, 5.41) is 11.4. The molecule has 0 radical (unpaired) electrons. The Kier molecular flexibility index (Phi) is 5.06. The minimum Gasteiger partial charge on any atom is -0.480 e. The van der Waals surface area contributed by atoms with Crippen molar-refractivity contribution in [2.45, 2.75) is 32.2 Å². The normalized spacial score (nSPS) is 11.8. The number of carbonyl (C=O) groups is 2. The summed E-state index contributed by atoms with van der Waals surface area (Å²) in [5.41, 5.74) is 0.259. The van der Waals surface area contributed by atoms with Gasteiger partial charge in [-0.25, -0.2) is 14.8 Å². The van der Waals surface area contributed by atoms with E-state index >= 15 is 0 Å². The maximum absolute atomic E-state index is 11.7. The van der Waals surface area contributed by atoms with E-state index in [1.807, 2.05) is 6.92 Å². The molecule has 1 aromatic rings. The molecule has 92 valence electrons. The molecule has 17 heavy (non-hydrogen) atoms. The Labute approximate surface area is 99.1 Å². The van der Waals surface area contributed by atoms with Gasteiger partial charge in [0.25, 0.3) is 5.91 Å². The summed E-state index contributed by atoms with van der Waals surface area (Å²) in [7, 11) is 0. The molecule has 0 aromatic carbocycles. The largest absolute Gasteiger partial charge is 0.480 e. The van der Waals surface area contributed by atoms with Gasteiger partial charge in [0.2, 0.25) is 0 Å². The number of rotatable bonds is 6. The summed E-state index contributed by atoms with van der Waals surface area (Å²) < 4.78 is 0. The third kappa shape index (κ3) is 4.18. The predicted molar refractivity (Wildman–Crippen MR) is 60.4 cm³/mol. The molecule has 6 heteroatoms. The molecule has 1 amide bonds. The lowest BCUT2D eigenvalue weighted by atomic mass is 10.1. The molecule has 1 heterocycles. The fourth-order valence-electron chi connectivity index (χ4n) is 1.32. The SMILES string of the molecule is CCCC[C@H](NC(=O)c1cncnc1)C(=O)O. The van der Waals surface area contributed by atoms with Crippen molar-refractivity contribution in [3.8, 4) is 0 Å². The molecule has 0 fully saturated rings. The van der Waals surface area contributed by atoms with Crippen LogP contribution in [0.1, 0.15) is 36.5 Å². The molecule has 0 saturated carbocycles. The average Bonchev–Trinajstić information content (AvgIpc) is 2.35. The van der Waals surface area contributed by atoms with Gasteiger partial charge < -0.3 is 10.4 Å². The molecule has 1 aromatic heterocycles. The quantitative estimate of drug-likeness (QED) is 0.765. The molecule has 0 unspecified atom stereocenters. The molecule has 0 aliphatic heterocycles. The van der Waals surface area contributed by atoms with E-state index in [2.05, 4.69) is 15.3 Å². The lowest BCUT2D eigenvalue weighted by Gasteiger charge is -2.13. The van der Waals surface area contributed by atoms with Crippen molar-refractivity contribution in [2.24, 2.45) is 0 Å². The van der Waals surface area contributed by atoms with Gasteiger partial charge in [0.15, 0.2) is 0 Å². The van der Waals surface area contributed by atoms with E-state index in [9.17, 15) is 9.59 Å². The maximum atomic E-state index is 11.7. The third-order valence-corrected chi connectivity index (χ3v) is 2.27. The van der Waals surface area contributed by atoms with E-state index in [0.29, 0.717) is 6.42 Å². The molecule has 0 spiro atoms. The summed E-state index contributed by atoms with van der Waals surface area (Å²) in [6, 6.07) is -0.859. The van der Waals surface area contributed by atoms with Crippen molar-refractivity contribution < 1.29 is 14.7 Å². The van der Waals surface area contributed by atoms with Gasteiger partial charge in [-0.15, -0.1) is 0 Å². The van der Waals surface area contributed by atoms with Gasteiger partial charge in [0.05, 0.1) is 5.56 Å². The number of unbranched alkanes of at least 4 members (excludes halogenated alkanes) is 1. The maximum Gasteiger partial charge on any atom is 0.326 e. The van der Waals surface area contributed by atoms with Crippen molar-refractivity contribution in [1.29, 1.82) is 0 Å². The van der Waals surface area contributed by atoms with Crippen LogP contribution in [-0.2, 0) is 4.79 Å². The molecular weight excluding hydrogens is 222 g/mol. The number of amides is 1. The lowest BCUT2D eigenvalue weighted by molar-refractivity contribution is -0.139. The Morgan fingerprint density at radius 1 is 1.41 bits per heavy atom. The molecule has 1 atom stereocenters. The molecular formula is C11H15N3O3. The van der Waals surface area contributed by atoms with Crippen LogP contribution in [0.5, 0.6) is 0 Å². The van der Waals surface area contributed by atoms with E-state index in [-0.39, 0.29) is 5.56 Å². The van der Waals surface area contributed by atoms with Crippen molar-refractivity contribution in [1.82, 2.24) is 15.3 Å². The second-order valence-corrected chi connectivity index (χ2v) is 3.63. The van der Waals surface area contributed by atoms with Crippen LogP contribution in [0.25, 0.3) is 0 Å². The number of aliphatic carboxylic acids is 1. The summed E-state index contributed by atoms with van der Waals surface area (Å²) >= 11 is 0. The summed E-state index contributed by atoms with van der Waals surface area (Å²) in [6.07, 6.45) is 6.06. The molecule has 1 rings (SSSR count). The minimum atomic E-state index is -1.02. The highest BCUT2D eigenvalue weighted by molar-refractivity contribution is 5.95. The number of hydrogen-bond donors (Lipinski definition) is 2. The van der Waals surface area contributed by atoms with Gasteiger partial charge in [-0.2, -0.15) is 0 Å². The van der Waals surface area contributed by atoms with E-state index < -0.39 is 17.9 Å². The van der Waals surface area contributed by atoms with Gasteiger partial charge in [0.1, 0.15) is 12.4 Å². The molecule has 0 bridgehead atoms. The number of aromatic nitrogens is 2. The van der Waals surface area contributed by atoms with E-state index in [1.54, 1.807) is 0 Å². The number of nitrogens with zero attached hydrogens (tertiary/aromatic N) is 2. The van der Waals surface area contributed by atoms with Crippen molar-refractivity contribution in [3.63, 3.8) is 0 Å². The number of carboxylic acid groups (broad SMARTS) is 1. The van der Waals surface area contributed by atoms with Crippen LogP contribution in [-0.4, -0.2) is 33.0 Å². The zero-order valence-corrected chi connectivity index (χ0v) is 9.59. The number of carbonyl (C=O) groups excluding carboxylic acids is 1. The molecule has 6 nitrogen and oxygen atoms in total. The van der Waals surface area contributed by atoms with Crippen LogP contribution in [0.15, 0.2) is 18.7 Å². The van der Waals surface area contributed by atoms with E-state index in [0.717, 1.165) is 12.8 Å². The first-order valence-corrected chi connectivity index (χ1v) is 5.43. The Hall–Kier alpha value is -1.98. The van der Waals surface area contributed by atoms with Crippen molar-refractivity contribution in [2.75, 3.05) is 0 Å². The third-order valence-electron chi connectivity index (χ3n) is 2.27. The summed E-state index contributed by atoms with van der Waals surface area (Å²) in [6.45, 7) is 1.96. The van der Waals surface area contributed by atoms with Crippen LogP contribution in [0.3, 0.4) is 0 Å². The van der Waals surface area contributed by atoms with Crippen LogP contribution >= 0.6 is 0 Å². The standard InChI is InChI=1S/C11H15N3O3/c1-2-3-4-9(11(16)17)14-10(15)8-5-12-7-13-6-8/h5-7,9H,2-4H2,1H3,(H,14,15)(H,16,17)/t9-/m0/s1. The Morgan fingerprint density at radius 3 is 2.59 bits per heavy atom. The smallest absolute Gasteiger partial charge is 0.326 e. The molecule has 2 N–H and O–H groups in total. The molecule has 0 aliphatic carbocycles. The van der Waals surface area contributed by atoms with Crippen LogP contribution in [0, 0.1) is 0 Å². The molecule has 0 aliphatic rings. The number of hydrogen-bond acceptors (Lipinski definition) is 4. The number of carboxylic acids is 1. The van der Waals surface area contributed by atoms with E-state index in [4.69, 9.17) is 5.11 Å². The highest BCUT2D eigenvalue weighted by Crippen LogP contribution is 2.02. The number of nitrogens with one attached hydrogen (secondary N) is 1. The van der Waals surface area contributed by atoms with Crippen molar-refractivity contribution in [3.05, 3.63) is 24.3 Å². The zero-order valence-electron chi connectivity index (χ0n) is 9.59. The lowest BCUT2D eigenvalue weighted by Crippen LogP contribution is -2.40. The summed E-state index contributed by atoms with van der Waals surface area (Å²) in [4.78, 5) is 30.0. The average molecular weight is 237 g/mol. The first-order chi connectivity index (χ1) is 8.15. The minimum absolute atomic E-state index is 0.259. The predicted octanol–water partition coefficient (Wildman–Crippen LogP) is 0.850. The van der Waals surface area contributed by atoms with Crippen LogP contribution in [0.4, 0.5) is 0 Å². The van der Waals surface area contributed by atoms with Gasteiger partial charge in [-0.3, -0.25) is 4.79 Å². The second-order valence-electron chi connectivity index (χ2n) is 3.63. The first kappa shape index (κ1) is 13.1. The highest BCUT2D eigenvalue weighted by Gasteiger charge is 2.19. The van der Waals surface area contributed by atoms with Gasteiger partial charge in [-0.05, 0) is 6.42 Å². The molecule has 0 saturated heterocycles. The second kappa shape index (κ2) is 6.57. The Balaban J connectivity index is 2.61. The topological polar surface area (TPSA) is 92.2 Å². The fourth-order valence-corrected chi connectivity index (χ4v) is 1.32. The fraction of sp³-hybridized carbons (Fsp3) is 0.455. The van der Waals surface area contributed by atoms with Gasteiger partial charge in [-0.1, -0.05) is 19.8 Å². The van der Waals surface area contributed by atoms with Crippen molar-refractivity contribution >= 4 is 11.9 Å². The monoisotopic (exact) mass is 237 g/mol. The zero-order chi connectivity index (χ0) is 12.7. The van der Waals surface area contributed by atoms with Gasteiger partial charge >= 0.3 is 5.97 Å². The highest BCUT2D eigenvalue weighted by atomic mass is 16.4. The van der Waals surface area contributed by atoms with Crippen LogP contribution in [0.2, 0.25) is 0 Å². The first-order valence-electron chi connectivity index (χ1n) is 5.43. The van der Waals surface area contributed by atoms with Crippen LogP contribution < -0.4 is 5.32 Å². The van der Waals surface area contributed by atoms with Gasteiger partial charge in [0, 0.05) is 12.4 Å².